The van der Waals surface area contributed by atoms with Crippen molar-refractivity contribution in [2.75, 3.05) is 32.6 Å². The largest absolute Gasteiger partial charge is 0.493 e. The number of anilines is 1. The summed E-state index contributed by atoms with van der Waals surface area (Å²) in [6.07, 6.45) is 2.68. The summed E-state index contributed by atoms with van der Waals surface area (Å²) in [5, 5.41) is 5.36. The van der Waals surface area contributed by atoms with E-state index in [0.717, 1.165) is 29.6 Å². The molecule has 0 aliphatic carbocycles. The molecule has 0 fully saturated rings. The Labute approximate surface area is 112 Å². The maximum atomic E-state index is 5.49. The van der Waals surface area contributed by atoms with Crippen LogP contribution in [0.4, 0.5) is 5.82 Å². The Morgan fingerprint density at radius 1 is 1.21 bits per heavy atom. The van der Waals surface area contributed by atoms with Gasteiger partial charge in [0.2, 0.25) is 0 Å². The van der Waals surface area contributed by atoms with Gasteiger partial charge in [-0.1, -0.05) is 0 Å². The zero-order valence-electron chi connectivity index (χ0n) is 11.3. The van der Waals surface area contributed by atoms with E-state index >= 15 is 0 Å². The summed E-state index contributed by atoms with van der Waals surface area (Å²) in [6, 6.07) is 5.83. The number of pyridine rings is 1. The van der Waals surface area contributed by atoms with Crippen molar-refractivity contribution < 1.29 is 9.47 Å². The average Bonchev–Trinajstić information content (AvgIpc) is 2.46. The third-order valence-electron chi connectivity index (χ3n) is 2.94. The summed E-state index contributed by atoms with van der Waals surface area (Å²) in [5.74, 6) is 2.26. The third kappa shape index (κ3) is 2.88. The van der Waals surface area contributed by atoms with Gasteiger partial charge in [0, 0.05) is 18.1 Å². The Kier molecular flexibility index (Phi) is 4.41. The molecule has 2 rings (SSSR count). The molecule has 0 saturated carbocycles. The number of nitrogens with zero attached hydrogens (tertiary/aromatic N) is 1. The van der Waals surface area contributed by atoms with Gasteiger partial charge < -0.3 is 20.5 Å². The lowest BCUT2D eigenvalue weighted by molar-refractivity contribution is 0.356. The van der Waals surface area contributed by atoms with E-state index < -0.39 is 0 Å². The molecule has 3 N–H and O–H groups in total. The predicted molar refractivity (Wildman–Crippen MR) is 77.0 cm³/mol. The van der Waals surface area contributed by atoms with Crippen LogP contribution in [-0.2, 0) is 0 Å². The van der Waals surface area contributed by atoms with Crippen molar-refractivity contribution in [2.45, 2.75) is 6.42 Å². The van der Waals surface area contributed by atoms with Gasteiger partial charge in [-0.25, -0.2) is 4.98 Å². The van der Waals surface area contributed by atoms with Crippen molar-refractivity contribution in [3.8, 4) is 11.5 Å². The van der Waals surface area contributed by atoms with Crippen molar-refractivity contribution in [1.82, 2.24) is 4.98 Å². The van der Waals surface area contributed by atoms with Crippen molar-refractivity contribution >= 4 is 16.6 Å². The molecule has 0 amide bonds. The van der Waals surface area contributed by atoms with Gasteiger partial charge in [0.05, 0.1) is 14.2 Å². The summed E-state index contributed by atoms with van der Waals surface area (Å²) >= 11 is 0. The highest BCUT2D eigenvalue weighted by molar-refractivity contribution is 5.94. The Bertz CT molecular complexity index is 558. The van der Waals surface area contributed by atoms with Gasteiger partial charge in [-0.05, 0) is 36.6 Å². The van der Waals surface area contributed by atoms with Crippen molar-refractivity contribution in [2.24, 2.45) is 5.73 Å². The van der Waals surface area contributed by atoms with Crippen LogP contribution in [0.2, 0.25) is 0 Å². The lowest BCUT2D eigenvalue weighted by atomic mass is 10.1. The van der Waals surface area contributed by atoms with Crippen LogP contribution < -0.4 is 20.5 Å². The van der Waals surface area contributed by atoms with E-state index in [0.29, 0.717) is 18.0 Å². The number of aromatic nitrogens is 1. The fourth-order valence-corrected chi connectivity index (χ4v) is 1.95. The molecule has 1 heterocycles. The monoisotopic (exact) mass is 261 g/mol. The minimum Gasteiger partial charge on any atom is -0.493 e. The van der Waals surface area contributed by atoms with E-state index in [9.17, 15) is 0 Å². The summed E-state index contributed by atoms with van der Waals surface area (Å²) in [4.78, 5) is 4.36. The molecule has 1 aromatic heterocycles. The molecule has 5 heteroatoms. The van der Waals surface area contributed by atoms with Gasteiger partial charge in [-0.3, -0.25) is 0 Å². The number of nitrogens with one attached hydrogen (secondary N) is 1. The first kappa shape index (κ1) is 13.4. The number of nitrogens with two attached hydrogens (primary N) is 1. The Hall–Kier alpha value is -2.01. The van der Waals surface area contributed by atoms with E-state index in [4.69, 9.17) is 15.2 Å². The van der Waals surface area contributed by atoms with Crippen molar-refractivity contribution in [3.05, 3.63) is 24.4 Å². The first-order valence-corrected chi connectivity index (χ1v) is 6.25. The Balaban J connectivity index is 2.42. The Morgan fingerprint density at radius 3 is 2.63 bits per heavy atom. The third-order valence-corrected chi connectivity index (χ3v) is 2.94. The number of ether oxygens (including phenoxy) is 2. The second-order valence-electron chi connectivity index (χ2n) is 4.16. The second kappa shape index (κ2) is 6.24. The number of benzene rings is 1. The molecule has 0 aliphatic rings. The van der Waals surface area contributed by atoms with Crippen LogP contribution in [0.3, 0.4) is 0 Å². The van der Waals surface area contributed by atoms with E-state index in [1.54, 1.807) is 20.4 Å². The molecule has 102 valence electrons. The lowest BCUT2D eigenvalue weighted by Crippen LogP contribution is -2.09. The molecule has 0 unspecified atom stereocenters. The topological polar surface area (TPSA) is 69.4 Å². The summed E-state index contributed by atoms with van der Waals surface area (Å²) in [7, 11) is 3.26. The molecule has 2 aromatic rings. The molecule has 0 saturated heterocycles. The van der Waals surface area contributed by atoms with Crippen molar-refractivity contribution in [1.29, 1.82) is 0 Å². The minimum atomic E-state index is 0.662. The van der Waals surface area contributed by atoms with E-state index in [2.05, 4.69) is 10.3 Å². The van der Waals surface area contributed by atoms with Crippen LogP contribution >= 0.6 is 0 Å². The first-order valence-electron chi connectivity index (χ1n) is 6.25. The molecule has 0 radical (unpaired) electrons. The van der Waals surface area contributed by atoms with E-state index in [1.807, 2.05) is 18.2 Å². The SMILES string of the molecule is COc1cc2ccnc(NCCCN)c2cc1OC. The van der Waals surface area contributed by atoms with Crippen LogP contribution in [0.1, 0.15) is 6.42 Å². The average molecular weight is 261 g/mol. The van der Waals surface area contributed by atoms with Crippen LogP contribution in [0.5, 0.6) is 11.5 Å². The number of hydrogen-bond acceptors (Lipinski definition) is 5. The standard InChI is InChI=1S/C14H19N3O2/c1-18-12-8-10-4-7-17-14(16-6-3-5-15)11(10)9-13(12)19-2/h4,7-9H,3,5-6,15H2,1-2H3,(H,16,17). The summed E-state index contributed by atoms with van der Waals surface area (Å²) in [6.45, 7) is 1.46. The number of hydrogen-bond donors (Lipinski definition) is 2. The number of methoxy groups -OCH3 is 2. The molecule has 0 spiro atoms. The van der Waals surface area contributed by atoms with Gasteiger partial charge in [-0.15, -0.1) is 0 Å². The quantitative estimate of drug-likeness (QED) is 0.778. The van der Waals surface area contributed by atoms with Gasteiger partial charge in [0.25, 0.3) is 0 Å². The molecule has 1 aromatic carbocycles. The fraction of sp³-hybridized carbons (Fsp3) is 0.357. The first-order chi connectivity index (χ1) is 9.30. The fourth-order valence-electron chi connectivity index (χ4n) is 1.95. The van der Waals surface area contributed by atoms with Gasteiger partial charge in [-0.2, -0.15) is 0 Å². The van der Waals surface area contributed by atoms with Gasteiger partial charge in [0.1, 0.15) is 5.82 Å². The molecular formula is C14H19N3O2. The highest BCUT2D eigenvalue weighted by Gasteiger charge is 2.09. The maximum absolute atomic E-state index is 5.49. The summed E-state index contributed by atoms with van der Waals surface area (Å²) in [5.41, 5.74) is 5.49. The molecule has 0 atom stereocenters. The number of rotatable bonds is 6. The van der Waals surface area contributed by atoms with E-state index in [1.165, 1.54) is 0 Å². The van der Waals surface area contributed by atoms with Crippen LogP contribution in [-0.4, -0.2) is 32.3 Å². The zero-order chi connectivity index (χ0) is 13.7. The molecular weight excluding hydrogens is 242 g/mol. The second-order valence-corrected chi connectivity index (χ2v) is 4.16. The summed E-state index contributed by atoms with van der Waals surface area (Å²) < 4.78 is 10.6. The smallest absolute Gasteiger partial charge is 0.161 e. The zero-order valence-corrected chi connectivity index (χ0v) is 11.3. The normalized spacial score (nSPS) is 10.5. The highest BCUT2D eigenvalue weighted by atomic mass is 16.5. The predicted octanol–water partition coefficient (Wildman–Crippen LogP) is 2.01. The Morgan fingerprint density at radius 2 is 1.95 bits per heavy atom. The lowest BCUT2D eigenvalue weighted by Gasteiger charge is -2.12. The van der Waals surface area contributed by atoms with Gasteiger partial charge in [0.15, 0.2) is 11.5 Å². The molecule has 5 nitrogen and oxygen atoms in total. The maximum Gasteiger partial charge on any atom is 0.161 e. The number of fused-ring (bicyclic) bond motifs is 1. The minimum absolute atomic E-state index is 0.662. The van der Waals surface area contributed by atoms with Gasteiger partial charge >= 0.3 is 0 Å². The highest BCUT2D eigenvalue weighted by Crippen LogP contribution is 2.34. The van der Waals surface area contributed by atoms with Crippen LogP contribution in [0.15, 0.2) is 24.4 Å². The van der Waals surface area contributed by atoms with Crippen molar-refractivity contribution in [3.63, 3.8) is 0 Å². The van der Waals surface area contributed by atoms with Crippen LogP contribution in [0.25, 0.3) is 10.8 Å². The molecule has 19 heavy (non-hydrogen) atoms. The molecule has 0 bridgehead atoms. The van der Waals surface area contributed by atoms with E-state index in [-0.39, 0.29) is 0 Å². The molecule has 0 aliphatic heterocycles. The van der Waals surface area contributed by atoms with Crippen LogP contribution in [0, 0.1) is 0 Å².